The molecule has 0 atom stereocenters. The van der Waals surface area contributed by atoms with Gasteiger partial charge in [0.1, 0.15) is 5.75 Å². The average molecular weight is 235 g/mol. The molecule has 16 heavy (non-hydrogen) atoms. The molecule has 0 bridgehead atoms. The maximum atomic E-state index is 5.72. The van der Waals surface area contributed by atoms with Crippen molar-refractivity contribution in [3.63, 3.8) is 0 Å². The lowest BCUT2D eigenvalue weighted by atomic mass is 10.1. The summed E-state index contributed by atoms with van der Waals surface area (Å²) in [6.07, 6.45) is 3.00. The number of aryl methyl sites for hydroxylation is 2. The van der Waals surface area contributed by atoms with Crippen molar-refractivity contribution < 1.29 is 4.74 Å². The van der Waals surface area contributed by atoms with E-state index in [4.69, 9.17) is 16.3 Å². The first-order chi connectivity index (χ1) is 7.63. The largest absolute Gasteiger partial charge is 0.437 e. The number of ether oxygens (including phenoxy) is 1. The topological polar surface area (TPSA) is 35.0 Å². The van der Waals surface area contributed by atoms with Crippen LogP contribution in [-0.2, 0) is 0 Å². The lowest BCUT2D eigenvalue weighted by Gasteiger charge is -2.06. The molecule has 0 saturated carbocycles. The molecule has 4 heteroatoms. The standard InChI is InChI=1S/C12H11ClN2O/c1-8-3-9(2)5-10(4-8)16-12-7-14-6-11(13)15-12/h3-7H,1-2H3. The molecule has 0 aliphatic rings. The van der Waals surface area contributed by atoms with Crippen LogP contribution in [0.1, 0.15) is 11.1 Å². The van der Waals surface area contributed by atoms with Gasteiger partial charge in [-0.25, -0.2) is 0 Å². The fourth-order valence-corrected chi connectivity index (χ4v) is 1.63. The van der Waals surface area contributed by atoms with E-state index < -0.39 is 0 Å². The molecule has 0 fully saturated rings. The van der Waals surface area contributed by atoms with Crippen molar-refractivity contribution in [3.05, 3.63) is 46.9 Å². The molecule has 0 amide bonds. The molecule has 1 aromatic carbocycles. The molecule has 3 nitrogen and oxygen atoms in total. The van der Waals surface area contributed by atoms with E-state index in [1.807, 2.05) is 26.0 Å². The highest BCUT2D eigenvalue weighted by Crippen LogP contribution is 2.22. The number of nitrogens with zero attached hydrogens (tertiary/aromatic N) is 2. The first-order valence-electron chi connectivity index (χ1n) is 4.87. The van der Waals surface area contributed by atoms with Gasteiger partial charge in [0, 0.05) is 0 Å². The number of aromatic nitrogens is 2. The third kappa shape index (κ3) is 2.70. The van der Waals surface area contributed by atoms with Gasteiger partial charge in [0.05, 0.1) is 12.4 Å². The molecule has 0 unspecified atom stereocenters. The van der Waals surface area contributed by atoms with Crippen LogP contribution in [0.5, 0.6) is 11.6 Å². The minimum Gasteiger partial charge on any atom is -0.437 e. The molecule has 0 aliphatic heterocycles. The molecule has 0 radical (unpaired) electrons. The van der Waals surface area contributed by atoms with Crippen molar-refractivity contribution in [3.8, 4) is 11.6 Å². The lowest BCUT2D eigenvalue weighted by Crippen LogP contribution is -1.90. The van der Waals surface area contributed by atoms with Gasteiger partial charge in [-0.05, 0) is 37.1 Å². The number of halogens is 1. The fourth-order valence-electron chi connectivity index (χ4n) is 1.49. The van der Waals surface area contributed by atoms with Gasteiger partial charge in [-0.15, -0.1) is 0 Å². The Labute approximate surface area is 99.1 Å². The summed E-state index contributed by atoms with van der Waals surface area (Å²) in [7, 11) is 0. The SMILES string of the molecule is Cc1cc(C)cc(Oc2cncc(Cl)n2)c1. The second-order valence-electron chi connectivity index (χ2n) is 3.61. The number of hydrogen-bond donors (Lipinski definition) is 0. The third-order valence-electron chi connectivity index (χ3n) is 2.00. The van der Waals surface area contributed by atoms with Gasteiger partial charge in [0.2, 0.25) is 5.88 Å². The summed E-state index contributed by atoms with van der Waals surface area (Å²) < 4.78 is 5.56. The van der Waals surface area contributed by atoms with E-state index in [-0.39, 0.29) is 0 Å². The predicted octanol–water partition coefficient (Wildman–Crippen LogP) is 3.54. The highest BCUT2D eigenvalue weighted by atomic mass is 35.5. The minimum atomic E-state index is 0.321. The number of hydrogen-bond acceptors (Lipinski definition) is 3. The van der Waals surface area contributed by atoms with Crippen LogP contribution in [0, 0.1) is 13.8 Å². The van der Waals surface area contributed by atoms with Crippen LogP contribution in [0.25, 0.3) is 0 Å². The quantitative estimate of drug-likeness (QED) is 0.797. The molecule has 0 saturated heterocycles. The average Bonchev–Trinajstić information content (AvgIpc) is 2.15. The Hall–Kier alpha value is -1.61. The van der Waals surface area contributed by atoms with E-state index in [0.717, 1.165) is 16.9 Å². The number of rotatable bonds is 2. The van der Waals surface area contributed by atoms with E-state index in [2.05, 4.69) is 16.0 Å². The monoisotopic (exact) mass is 234 g/mol. The highest BCUT2D eigenvalue weighted by molar-refractivity contribution is 6.29. The smallest absolute Gasteiger partial charge is 0.239 e. The van der Waals surface area contributed by atoms with Gasteiger partial charge < -0.3 is 4.74 Å². The molecule has 0 N–H and O–H groups in total. The van der Waals surface area contributed by atoms with Crippen molar-refractivity contribution in [2.24, 2.45) is 0 Å². The summed E-state index contributed by atoms with van der Waals surface area (Å²) in [6.45, 7) is 4.03. The zero-order valence-corrected chi connectivity index (χ0v) is 9.82. The van der Waals surface area contributed by atoms with Gasteiger partial charge in [-0.2, -0.15) is 4.98 Å². The van der Waals surface area contributed by atoms with Crippen molar-refractivity contribution >= 4 is 11.6 Å². The van der Waals surface area contributed by atoms with Crippen LogP contribution in [0.3, 0.4) is 0 Å². The van der Waals surface area contributed by atoms with Gasteiger partial charge in [0.15, 0.2) is 5.15 Å². The molecule has 82 valence electrons. The Morgan fingerprint density at radius 1 is 1.06 bits per heavy atom. The Morgan fingerprint density at radius 3 is 2.38 bits per heavy atom. The first kappa shape index (κ1) is 10.9. The van der Waals surface area contributed by atoms with Crippen LogP contribution in [-0.4, -0.2) is 9.97 Å². The maximum Gasteiger partial charge on any atom is 0.239 e. The van der Waals surface area contributed by atoms with Gasteiger partial charge >= 0.3 is 0 Å². The first-order valence-corrected chi connectivity index (χ1v) is 5.25. The van der Waals surface area contributed by atoms with Gasteiger partial charge in [-0.3, -0.25) is 4.98 Å². The van der Waals surface area contributed by atoms with Crippen LogP contribution in [0.4, 0.5) is 0 Å². The predicted molar refractivity (Wildman–Crippen MR) is 63.0 cm³/mol. The zero-order chi connectivity index (χ0) is 11.5. The van der Waals surface area contributed by atoms with Crippen LogP contribution in [0.2, 0.25) is 5.15 Å². The second-order valence-corrected chi connectivity index (χ2v) is 3.99. The molecule has 1 heterocycles. The Morgan fingerprint density at radius 2 is 1.75 bits per heavy atom. The van der Waals surface area contributed by atoms with Crippen molar-refractivity contribution in [2.75, 3.05) is 0 Å². The molecule has 2 aromatic rings. The summed E-state index contributed by atoms with van der Waals surface area (Å²) in [5.74, 6) is 1.14. The Kier molecular flexibility index (Phi) is 3.06. The summed E-state index contributed by atoms with van der Waals surface area (Å²) in [6, 6.07) is 5.96. The Balaban J connectivity index is 2.27. The van der Waals surface area contributed by atoms with Gasteiger partial charge in [0.25, 0.3) is 0 Å². The lowest BCUT2D eigenvalue weighted by molar-refractivity contribution is 0.459. The van der Waals surface area contributed by atoms with E-state index >= 15 is 0 Å². The van der Waals surface area contributed by atoms with Crippen LogP contribution < -0.4 is 4.74 Å². The van der Waals surface area contributed by atoms with Gasteiger partial charge in [-0.1, -0.05) is 17.7 Å². The summed E-state index contributed by atoms with van der Waals surface area (Å²) in [4.78, 5) is 7.91. The minimum absolute atomic E-state index is 0.321. The zero-order valence-electron chi connectivity index (χ0n) is 9.07. The van der Waals surface area contributed by atoms with Crippen LogP contribution >= 0.6 is 11.6 Å². The third-order valence-corrected chi connectivity index (χ3v) is 2.18. The second kappa shape index (κ2) is 4.49. The summed E-state index contributed by atoms with van der Waals surface area (Å²) >= 11 is 5.72. The normalized spacial score (nSPS) is 10.2. The van der Waals surface area contributed by atoms with E-state index in [0.29, 0.717) is 11.0 Å². The Bertz CT molecular complexity index is 494. The number of benzene rings is 1. The van der Waals surface area contributed by atoms with E-state index in [1.165, 1.54) is 12.4 Å². The molecular formula is C12H11ClN2O. The molecule has 2 rings (SSSR count). The van der Waals surface area contributed by atoms with Crippen molar-refractivity contribution in [2.45, 2.75) is 13.8 Å². The fraction of sp³-hybridized carbons (Fsp3) is 0.167. The molecular weight excluding hydrogens is 224 g/mol. The highest BCUT2D eigenvalue weighted by Gasteiger charge is 2.01. The van der Waals surface area contributed by atoms with Crippen molar-refractivity contribution in [1.29, 1.82) is 0 Å². The summed E-state index contributed by atoms with van der Waals surface area (Å²) in [5.41, 5.74) is 2.29. The summed E-state index contributed by atoms with van der Waals surface area (Å²) in [5, 5.41) is 0.321. The van der Waals surface area contributed by atoms with E-state index in [9.17, 15) is 0 Å². The molecule has 0 spiro atoms. The molecule has 1 aromatic heterocycles. The maximum absolute atomic E-state index is 5.72. The van der Waals surface area contributed by atoms with Crippen molar-refractivity contribution in [1.82, 2.24) is 9.97 Å². The molecule has 0 aliphatic carbocycles. The van der Waals surface area contributed by atoms with Crippen LogP contribution in [0.15, 0.2) is 30.6 Å². The van der Waals surface area contributed by atoms with E-state index in [1.54, 1.807) is 0 Å².